The van der Waals surface area contributed by atoms with Gasteiger partial charge in [0.2, 0.25) is 5.60 Å². The van der Waals surface area contributed by atoms with Crippen molar-refractivity contribution in [3.8, 4) is 17.5 Å². The van der Waals surface area contributed by atoms with E-state index in [1.54, 1.807) is 43.0 Å². The third-order valence-corrected chi connectivity index (χ3v) is 4.18. The van der Waals surface area contributed by atoms with Gasteiger partial charge in [-0.05, 0) is 31.2 Å². The number of carbonyl (C=O) groups is 2. The highest BCUT2D eigenvalue weighted by Crippen LogP contribution is 2.22. The molecule has 0 saturated carbocycles. The maximum Gasteiger partial charge on any atom is 0.269 e. The van der Waals surface area contributed by atoms with Gasteiger partial charge in [-0.15, -0.1) is 0 Å². The number of nitrogens with two attached hydrogens (primary N) is 1. The predicted molar refractivity (Wildman–Crippen MR) is 106 cm³/mol. The maximum atomic E-state index is 12.0. The first-order valence-electron chi connectivity index (χ1n) is 8.56. The van der Waals surface area contributed by atoms with Crippen LogP contribution in [0.5, 0.6) is 0 Å². The van der Waals surface area contributed by atoms with Crippen LogP contribution in [0.15, 0.2) is 48.5 Å². The van der Waals surface area contributed by atoms with E-state index in [9.17, 15) is 14.7 Å². The van der Waals surface area contributed by atoms with Crippen LogP contribution < -0.4 is 5.73 Å². The van der Waals surface area contributed by atoms with Crippen LogP contribution in [-0.2, 0) is 4.79 Å². The van der Waals surface area contributed by atoms with Crippen molar-refractivity contribution in [2.45, 2.75) is 12.5 Å². The molecule has 0 bridgehead atoms. The summed E-state index contributed by atoms with van der Waals surface area (Å²) >= 11 is 0. The Balaban J connectivity index is 2.05. The summed E-state index contributed by atoms with van der Waals surface area (Å²) in [7, 11) is 3.11. The van der Waals surface area contributed by atoms with Crippen molar-refractivity contribution in [2.75, 3.05) is 14.1 Å². The average Bonchev–Trinajstić information content (AvgIpc) is 3.06. The van der Waals surface area contributed by atoms with E-state index in [1.807, 2.05) is 24.3 Å². The maximum absolute atomic E-state index is 12.0. The topological polar surface area (TPSA) is 101 Å². The Bertz CT molecular complexity index is 1130. The van der Waals surface area contributed by atoms with Crippen LogP contribution in [0, 0.1) is 11.8 Å². The van der Waals surface area contributed by atoms with E-state index in [2.05, 4.69) is 16.9 Å². The minimum atomic E-state index is -1.79. The molecule has 142 valence electrons. The largest absolute Gasteiger partial charge is 0.370 e. The van der Waals surface area contributed by atoms with Crippen molar-refractivity contribution in [3.05, 3.63) is 59.8 Å². The molecular weight excluding hydrogens is 356 g/mol. The van der Waals surface area contributed by atoms with Crippen molar-refractivity contribution >= 4 is 22.7 Å². The molecule has 3 rings (SSSR count). The number of nitrogens with zero attached hydrogens (tertiary/aromatic N) is 3. The summed E-state index contributed by atoms with van der Waals surface area (Å²) in [6, 6.07) is 14.4. The molecule has 1 heterocycles. The number of amides is 2. The fraction of sp³-hybridized carbons (Fsp3) is 0.190. The lowest BCUT2D eigenvalue weighted by molar-refractivity contribution is -0.141. The number of aromatic nitrogens is 2. The van der Waals surface area contributed by atoms with Crippen molar-refractivity contribution in [3.63, 3.8) is 0 Å². The quantitative estimate of drug-likeness (QED) is 0.673. The molecule has 7 heteroatoms. The molecule has 0 aliphatic rings. The van der Waals surface area contributed by atoms with E-state index in [4.69, 9.17) is 5.73 Å². The summed E-state index contributed by atoms with van der Waals surface area (Å²) < 4.78 is 1.61. The van der Waals surface area contributed by atoms with E-state index in [-0.39, 0.29) is 5.69 Å². The van der Waals surface area contributed by atoms with Crippen molar-refractivity contribution in [1.29, 1.82) is 0 Å². The number of fused-ring (bicyclic) bond motifs is 1. The minimum Gasteiger partial charge on any atom is -0.370 e. The van der Waals surface area contributed by atoms with Gasteiger partial charge in [-0.3, -0.25) is 9.59 Å². The Kier molecular flexibility index (Phi) is 4.91. The molecule has 0 aliphatic heterocycles. The first kappa shape index (κ1) is 19.1. The Morgan fingerprint density at radius 3 is 2.57 bits per heavy atom. The molecule has 3 aromatic rings. The number of aliphatic hydroxyl groups is 1. The van der Waals surface area contributed by atoms with Crippen molar-refractivity contribution in [2.24, 2.45) is 5.73 Å². The number of para-hydroxylation sites is 1. The van der Waals surface area contributed by atoms with Gasteiger partial charge in [-0.2, -0.15) is 5.10 Å². The lowest BCUT2D eigenvalue weighted by atomic mass is 10.1. The summed E-state index contributed by atoms with van der Waals surface area (Å²) in [4.78, 5) is 25.0. The molecular formula is C21H20N4O3. The molecule has 1 atom stereocenters. The Labute approximate surface area is 162 Å². The zero-order valence-corrected chi connectivity index (χ0v) is 15.8. The number of hydrogen-bond donors (Lipinski definition) is 2. The molecule has 2 aromatic carbocycles. The van der Waals surface area contributed by atoms with Gasteiger partial charge in [0.25, 0.3) is 11.8 Å². The second-order valence-electron chi connectivity index (χ2n) is 6.71. The number of primary amides is 1. The number of benzene rings is 2. The predicted octanol–water partition coefficient (Wildman–Crippen LogP) is 1.32. The lowest BCUT2D eigenvalue weighted by Gasteiger charge is -2.20. The molecule has 0 unspecified atom stereocenters. The number of likely N-dealkylation sites (N-methyl/N-ethyl adjacent to an activating group) is 1. The summed E-state index contributed by atoms with van der Waals surface area (Å²) in [5, 5.41) is 15.3. The minimum absolute atomic E-state index is 0.187. The number of hydrogen-bond acceptors (Lipinski definition) is 4. The van der Waals surface area contributed by atoms with Gasteiger partial charge in [0.1, 0.15) is 0 Å². The molecule has 28 heavy (non-hydrogen) atoms. The van der Waals surface area contributed by atoms with E-state index < -0.39 is 17.4 Å². The Morgan fingerprint density at radius 2 is 1.89 bits per heavy atom. The highest BCUT2D eigenvalue weighted by molar-refractivity contribution is 6.04. The monoisotopic (exact) mass is 376 g/mol. The molecule has 0 saturated heterocycles. The summed E-state index contributed by atoms with van der Waals surface area (Å²) in [6.45, 7) is 1.35. The number of rotatable bonds is 3. The normalized spacial score (nSPS) is 12.7. The van der Waals surface area contributed by atoms with Gasteiger partial charge in [0.05, 0.1) is 11.2 Å². The highest BCUT2D eigenvalue weighted by atomic mass is 16.3. The molecule has 0 aliphatic carbocycles. The van der Waals surface area contributed by atoms with E-state index in [1.165, 1.54) is 11.8 Å². The van der Waals surface area contributed by atoms with Crippen LogP contribution in [0.2, 0.25) is 0 Å². The highest BCUT2D eigenvalue weighted by Gasteiger charge is 2.29. The number of carbonyl (C=O) groups excluding carboxylic acids is 2. The van der Waals surface area contributed by atoms with E-state index >= 15 is 0 Å². The zero-order valence-electron chi connectivity index (χ0n) is 15.8. The van der Waals surface area contributed by atoms with Crippen LogP contribution in [0.25, 0.3) is 16.6 Å². The second-order valence-corrected chi connectivity index (χ2v) is 6.71. The molecule has 7 nitrogen and oxygen atoms in total. The van der Waals surface area contributed by atoms with E-state index in [0.717, 1.165) is 5.52 Å². The summed E-state index contributed by atoms with van der Waals surface area (Å²) in [5.41, 5.74) is 5.84. The van der Waals surface area contributed by atoms with Crippen LogP contribution >= 0.6 is 0 Å². The van der Waals surface area contributed by atoms with Gasteiger partial charge in [0.15, 0.2) is 5.69 Å². The van der Waals surface area contributed by atoms with Crippen LogP contribution in [0.4, 0.5) is 0 Å². The van der Waals surface area contributed by atoms with Crippen molar-refractivity contribution in [1.82, 2.24) is 14.7 Å². The van der Waals surface area contributed by atoms with Gasteiger partial charge in [-0.25, -0.2) is 4.68 Å². The zero-order chi connectivity index (χ0) is 20.5. The smallest absolute Gasteiger partial charge is 0.269 e. The first-order valence-corrected chi connectivity index (χ1v) is 8.56. The molecule has 0 fully saturated rings. The third-order valence-electron chi connectivity index (χ3n) is 4.18. The Morgan fingerprint density at radius 1 is 1.18 bits per heavy atom. The van der Waals surface area contributed by atoms with Crippen LogP contribution in [-0.4, -0.2) is 51.3 Å². The first-order chi connectivity index (χ1) is 13.2. The van der Waals surface area contributed by atoms with Gasteiger partial charge < -0.3 is 15.7 Å². The lowest BCUT2D eigenvalue weighted by Crippen LogP contribution is -2.42. The average molecular weight is 376 g/mol. The molecule has 0 radical (unpaired) electrons. The molecule has 3 N–H and O–H groups in total. The fourth-order valence-electron chi connectivity index (χ4n) is 2.84. The van der Waals surface area contributed by atoms with Gasteiger partial charge in [-0.1, -0.05) is 36.1 Å². The van der Waals surface area contributed by atoms with Crippen molar-refractivity contribution < 1.29 is 14.7 Å². The standard InChI is InChI=1S/C21H20N4O3/c1-21(28,20(27)24(2)3)12-11-14-7-6-8-15(13-14)25-17-10-5-4-9-16(17)18(23-25)19(22)26/h4-10,13,28H,1-3H3,(H2,22,26)/t21-/m1/s1. The second kappa shape index (κ2) is 7.18. The molecule has 1 aromatic heterocycles. The van der Waals surface area contributed by atoms with Crippen LogP contribution in [0.1, 0.15) is 23.0 Å². The Hall–Kier alpha value is -3.63. The SMILES string of the molecule is CN(C)C(=O)[C@](C)(O)C#Cc1cccc(-n2nc(C(N)=O)c3ccccc32)c1. The summed E-state index contributed by atoms with van der Waals surface area (Å²) in [5.74, 6) is 4.33. The third kappa shape index (κ3) is 3.59. The molecule has 2 amide bonds. The molecule has 0 spiro atoms. The fourth-order valence-corrected chi connectivity index (χ4v) is 2.84. The van der Waals surface area contributed by atoms with E-state index in [0.29, 0.717) is 16.6 Å². The summed E-state index contributed by atoms with van der Waals surface area (Å²) in [6.07, 6.45) is 0. The van der Waals surface area contributed by atoms with Gasteiger partial charge in [0, 0.05) is 25.0 Å². The van der Waals surface area contributed by atoms with Crippen LogP contribution in [0.3, 0.4) is 0 Å². The van der Waals surface area contributed by atoms with Gasteiger partial charge >= 0.3 is 0 Å².